The van der Waals surface area contributed by atoms with E-state index in [1.165, 1.54) is 0 Å². The summed E-state index contributed by atoms with van der Waals surface area (Å²) in [7, 11) is 0. The average molecular weight is 229 g/mol. The summed E-state index contributed by atoms with van der Waals surface area (Å²) in [5.41, 5.74) is 0.973. The predicted molar refractivity (Wildman–Crippen MR) is 55.3 cm³/mol. The van der Waals surface area contributed by atoms with Crippen LogP contribution in [0.1, 0.15) is 12.0 Å². The Morgan fingerprint density at radius 1 is 1.31 bits per heavy atom. The van der Waals surface area contributed by atoms with Crippen molar-refractivity contribution in [2.45, 2.75) is 18.9 Å². The average Bonchev–Trinajstić information content (AvgIpc) is 2.26. The fourth-order valence-corrected chi connectivity index (χ4v) is 1.18. The summed E-state index contributed by atoms with van der Waals surface area (Å²) in [6, 6.07) is 9.29. The van der Waals surface area contributed by atoms with Crippen molar-refractivity contribution in [1.82, 2.24) is 5.32 Å². The molecule has 0 spiro atoms. The lowest BCUT2D eigenvalue weighted by atomic mass is 10.2. The van der Waals surface area contributed by atoms with Gasteiger partial charge >= 0.3 is 11.9 Å². The molecule has 0 saturated heterocycles. The van der Waals surface area contributed by atoms with E-state index in [2.05, 4.69) is 5.32 Å². The molecule has 0 aliphatic heterocycles. The van der Waals surface area contributed by atoms with Crippen LogP contribution in [0, 0.1) is 0 Å². The van der Waals surface area contributed by atoms with Crippen molar-refractivity contribution in [2.24, 2.45) is 0 Å². The topological polar surface area (TPSA) is 49.3 Å². The standard InChI is InChI=1S/C11H13F2NO2/c12-11(13,10(15)16)6-7-14-8-9-4-2-1-3-5-9/h1-5,14H,6-8H2,(H,15,16). The fraction of sp³-hybridized carbons (Fsp3) is 0.364. The molecule has 0 heterocycles. The zero-order valence-corrected chi connectivity index (χ0v) is 8.62. The molecule has 0 aromatic heterocycles. The van der Waals surface area contributed by atoms with Crippen molar-refractivity contribution >= 4 is 5.97 Å². The monoisotopic (exact) mass is 229 g/mol. The van der Waals surface area contributed by atoms with E-state index in [1.807, 2.05) is 30.3 Å². The van der Waals surface area contributed by atoms with Crippen LogP contribution in [0.25, 0.3) is 0 Å². The van der Waals surface area contributed by atoms with Crippen LogP contribution in [0.5, 0.6) is 0 Å². The van der Waals surface area contributed by atoms with E-state index in [9.17, 15) is 13.6 Å². The van der Waals surface area contributed by atoms with Gasteiger partial charge in [0.05, 0.1) is 0 Å². The number of benzene rings is 1. The summed E-state index contributed by atoms with van der Waals surface area (Å²) in [4.78, 5) is 10.1. The summed E-state index contributed by atoms with van der Waals surface area (Å²) in [6.07, 6.45) is -0.699. The zero-order valence-electron chi connectivity index (χ0n) is 8.62. The molecule has 5 heteroatoms. The van der Waals surface area contributed by atoms with E-state index in [1.54, 1.807) is 0 Å². The maximum Gasteiger partial charge on any atom is 0.374 e. The number of hydrogen-bond donors (Lipinski definition) is 2. The van der Waals surface area contributed by atoms with E-state index < -0.39 is 18.3 Å². The molecule has 1 rings (SSSR count). The number of carbonyl (C=O) groups is 1. The molecule has 0 bridgehead atoms. The van der Waals surface area contributed by atoms with Gasteiger partial charge in [0, 0.05) is 19.5 Å². The Labute approximate surface area is 92.1 Å². The predicted octanol–water partition coefficient (Wildman–Crippen LogP) is 1.89. The maximum absolute atomic E-state index is 12.6. The third-order valence-electron chi connectivity index (χ3n) is 2.10. The minimum atomic E-state index is -3.65. The number of carboxylic acids is 1. The van der Waals surface area contributed by atoms with Crippen LogP contribution in [-0.4, -0.2) is 23.5 Å². The van der Waals surface area contributed by atoms with E-state index in [4.69, 9.17) is 5.11 Å². The first kappa shape index (κ1) is 12.6. The molecule has 2 N–H and O–H groups in total. The summed E-state index contributed by atoms with van der Waals surface area (Å²) in [5.74, 6) is -5.72. The molecule has 3 nitrogen and oxygen atoms in total. The number of nitrogens with one attached hydrogen (secondary N) is 1. The van der Waals surface area contributed by atoms with E-state index >= 15 is 0 Å². The smallest absolute Gasteiger partial charge is 0.374 e. The molecule has 0 atom stereocenters. The van der Waals surface area contributed by atoms with Gasteiger partial charge in [0.25, 0.3) is 0 Å². The Hall–Kier alpha value is -1.49. The van der Waals surface area contributed by atoms with Gasteiger partial charge in [-0.25, -0.2) is 4.79 Å². The van der Waals surface area contributed by atoms with Gasteiger partial charge in [-0.1, -0.05) is 30.3 Å². The van der Waals surface area contributed by atoms with Crippen molar-refractivity contribution in [3.05, 3.63) is 35.9 Å². The molecule has 0 amide bonds. The van der Waals surface area contributed by atoms with Gasteiger partial charge in [0.2, 0.25) is 0 Å². The molecule has 0 saturated carbocycles. The minimum Gasteiger partial charge on any atom is -0.477 e. The van der Waals surface area contributed by atoms with Gasteiger partial charge < -0.3 is 10.4 Å². The SMILES string of the molecule is O=C(O)C(F)(F)CCNCc1ccccc1. The van der Waals surface area contributed by atoms with Gasteiger partial charge in [0.15, 0.2) is 0 Å². The van der Waals surface area contributed by atoms with Crippen LogP contribution in [0.4, 0.5) is 8.78 Å². The number of aliphatic carboxylic acids is 1. The highest BCUT2D eigenvalue weighted by Gasteiger charge is 2.37. The molecule has 0 aliphatic carbocycles. The zero-order chi connectivity index (χ0) is 12.0. The van der Waals surface area contributed by atoms with Crippen LogP contribution in [-0.2, 0) is 11.3 Å². The molecule has 1 aromatic carbocycles. The summed E-state index contributed by atoms with van der Waals surface area (Å²) in [6.45, 7) is 0.421. The maximum atomic E-state index is 12.6. The van der Waals surface area contributed by atoms with Crippen molar-refractivity contribution in [3.63, 3.8) is 0 Å². The normalized spacial score (nSPS) is 11.4. The Kier molecular flexibility index (Phi) is 4.37. The Bertz CT molecular complexity index is 341. The molecule has 16 heavy (non-hydrogen) atoms. The number of carboxylic acid groups (broad SMARTS) is 1. The lowest BCUT2D eigenvalue weighted by Gasteiger charge is -2.11. The highest BCUT2D eigenvalue weighted by molar-refractivity contribution is 5.75. The highest BCUT2D eigenvalue weighted by Crippen LogP contribution is 2.17. The van der Waals surface area contributed by atoms with Crippen molar-refractivity contribution < 1.29 is 18.7 Å². The first-order valence-electron chi connectivity index (χ1n) is 4.88. The van der Waals surface area contributed by atoms with Crippen LogP contribution < -0.4 is 5.32 Å². The van der Waals surface area contributed by atoms with Gasteiger partial charge in [-0.3, -0.25) is 0 Å². The molecule has 0 radical (unpaired) electrons. The van der Waals surface area contributed by atoms with E-state index in [0.29, 0.717) is 6.54 Å². The largest absolute Gasteiger partial charge is 0.477 e. The molecule has 0 fully saturated rings. The van der Waals surface area contributed by atoms with Gasteiger partial charge in [-0.15, -0.1) is 0 Å². The minimum absolute atomic E-state index is 0.0335. The second kappa shape index (κ2) is 5.55. The van der Waals surface area contributed by atoms with E-state index in [0.717, 1.165) is 5.56 Å². The molecule has 0 unspecified atom stereocenters. The van der Waals surface area contributed by atoms with E-state index in [-0.39, 0.29) is 6.54 Å². The third kappa shape index (κ3) is 3.94. The third-order valence-corrected chi connectivity index (χ3v) is 2.10. The number of halogens is 2. The van der Waals surface area contributed by atoms with Crippen molar-refractivity contribution in [2.75, 3.05) is 6.54 Å². The summed E-state index contributed by atoms with van der Waals surface area (Å²) in [5, 5.41) is 10.9. The summed E-state index contributed by atoms with van der Waals surface area (Å²) < 4.78 is 25.3. The first-order chi connectivity index (χ1) is 7.52. The Morgan fingerprint density at radius 2 is 1.94 bits per heavy atom. The Morgan fingerprint density at radius 3 is 2.50 bits per heavy atom. The van der Waals surface area contributed by atoms with Crippen LogP contribution in [0.2, 0.25) is 0 Å². The van der Waals surface area contributed by atoms with Crippen LogP contribution >= 0.6 is 0 Å². The Balaban J connectivity index is 2.25. The van der Waals surface area contributed by atoms with Gasteiger partial charge in [-0.05, 0) is 5.56 Å². The number of alkyl halides is 2. The van der Waals surface area contributed by atoms with Gasteiger partial charge in [0.1, 0.15) is 0 Å². The van der Waals surface area contributed by atoms with Crippen molar-refractivity contribution in [3.8, 4) is 0 Å². The van der Waals surface area contributed by atoms with Crippen molar-refractivity contribution in [1.29, 1.82) is 0 Å². The molecular formula is C11H13F2NO2. The summed E-state index contributed by atoms with van der Waals surface area (Å²) >= 11 is 0. The van der Waals surface area contributed by atoms with Crippen LogP contribution in [0.15, 0.2) is 30.3 Å². The second-order valence-corrected chi connectivity index (χ2v) is 3.42. The molecule has 1 aromatic rings. The van der Waals surface area contributed by atoms with Crippen LogP contribution in [0.3, 0.4) is 0 Å². The fourth-order valence-electron chi connectivity index (χ4n) is 1.18. The molecular weight excluding hydrogens is 216 g/mol. The quantitative estimate of drug-likeness (QED) is 0.732. The number of rotatable bonds is 6. The second-order valence-electron chi connectivity index (χ2n) is 3.42. The lowest BCUT2D eigenvalue weighted by molar-refractivity contribution is -0.165. The first-order valence-corrected chi connectivity index (χ1v) is 4.88. The highest BCUT2D eigenvalue weighted by atomic mass is 19.3. The molecule has 0 aliphatic rings. The lowest BCUT2D eigenvalue weighted by Crippen LogP contribution is -2.32. The number of hydrogen-bond acceptors (Lipinski definition) is 2. The molecule has 88 valence electrons. The van der Waals surface area contributed by atoms with Gasteiger partial charge in [-0.2, -0.15) is 8.78 Å².